The minimum Gasteiger partial charge on any atom is -0.412 e. The molecule has 98 valence electrons. The van der Waals surface area contributed by atoms with Crippen molar-refractivity contribution in [3.63, 3.8) is 0 Å². The first-order valence-corrected chi connectivity index (χ1v) is 9.95. The van der Waals surface area contributed by atoms with Gasteiger partial charge in [0, 0.05) is 6.61 Å². The Hall–Kier alpha value is 0.137. The van der Waals surface area contributed by atoms with Crippen molar-refractivity contribution in [1.29, 1.82) is 0 Å². The molecular formula is C13H30O2Si. The minimum absolute atomic E-state index is 0.00205. The molecule has 3 heteroatoms. The first kappa shape index (κ1) is 16.1. The monoisotopic (exact) mass is 246 g/mol. The number of ether oxygens (including phenoxy) is 1. The molecule has 16 heavy (non-hydrogen) atoms. The summed E-state index contributed by atoms with van der Waals surface area (Å²) in [7, 11) is -1.45. The SMILES string of the molecule is CCC(C)OCCC(C)(CC)O[Si](C)(C)C. The Labute approximate surface area is 103 Å². The van der Waals surface area contributed by atoms with Gasteiger partial charge in [-0.05, 0) is 52.8 Å². The molecule has 0 N–H and O–H groups in total. The Morgan fingerprint density at radius 3 is 2.12 bits per heavy atom. The van der Waals surface area contributed by atoms with Crippen LogP contribution in [0.5, 0.6) is 0 Å². The van der Waals surface area contributed by atoms with E-state index in [-0.39, 0.29) is 5.60 Å². The second-order valence-corrected chi connectivity index (χ2v) is 10.3. The highest BCUT2D eigenvalue weighted by atomic mass is 28.4. The van der Waals surface area contributed by atoms with Crippen LogP contribution in [0.4, 0.5) is 0 Å². The Kier molecular flexibility index (Phi) is 6.83. The lowest BCUT2D eigenvalue weighted by molar-refractivity contribution is 0.00165. The van der Waals surface area contributed by atoms with Crippen molar-refractivity contribution in [2.75, 3.05) is 6.61 Å². The molecule has 0 radical (unpaired) electrons. The summed E-state index contributed by atoms with van der Waals surface area (Å²) in [5.41, 5.74) is -0.00205. The Morgan fingerprint density at radius 2 is 1.75 bits per heavy atom. The zero-order valence-corrected chi connectivity index (χ0v) is 13.2. The summed E-state index contributed by atoms with van der Waals surface area (Å²) >= 11 is 0. The van der Waals surface area contributed by atoms with Gasteiger partial charge >= 0.3 is 0 Å². The van der Waals surface area contributed by atoms with Gasteiger partial charge in [0.05, 0.1) is 11.7 Å². The second kappa shape index (κ2) is 6.77. The first-order valence-electron chi connectivity index (χ1n) is 6.54. The molecule has 2 atom stereocenters. The van der Waals surface area contributed by atoms with E-state index in [2.05, 4.69) is 47.3 Å². The number of rotatable bonds is 8. The van der Waals surface area contributed by atoms with Crippen molar-refractivity contribution < 1.29 is 9.16 Å². The van der Waals surface area contributed by atoms with Crippen LogP contribution >= 0.6 is 0 Å². The maximum atomic E-state index is 6.25. The largest absolute Gasteiger partial charge is 0.412 e. The van der Waals surface area contributed by atoms with Crippen LogP contribution in [0.2, 0.25) is 19.6 Å². The van der Waals surface area contributed by atoms with Crippen molar-refractivity contribution in [2.24, 2.45) is 0 Å². The van der Waals surface area contributed by atoms with Crippen molar-refractivity contribution in [3.8, 4) is 0 Å². The molecule has 0 aliphatic carbocycles. The minimum atomic E-state index is -1.45. The summed E-state index contributed by atoms with van der Waals surface area (Å²) in [5.74, 6) is 0. The van der Waals surface area contributed by atoms with Gasteiger partial charge in [0.25, 0.3) is 0 Å². The third-order valence-corrected chi connectivity index (χ3v) is 4.01. The van der Waals surface area contributed by atoms with E-state index in [4.69, 9.17) is 9.16 Å². The fourth-order valence-corrected chi connectivity index (χ4v) is 3.36. The molecule has 0 heterocycles. The molecule has 0 fully saturated rings. The van der Waals surface area contributed by atoms with Crippen molar-refractivity contribution >= 4 is 8.32 Å². The third-order valence-electron chi connectivity index (χ3n) is 2.91. The summed E-state index contributed by atoms with van der Waals surface area (Å²) in [6.07, 6.45) is 3.50. The van der Waals surface area contributed by atoms with E-state index in [1.54, 1.807) is 0 Å². The van der Waals surface area contributed by atoms with Gasteiger partial charge in [0.2, 0.25) is 0 Å². The highest BCUT2D eigenvalue weighted by molar-refractivity contribution is 6.69. The van der Waals surface area contributed by atoms with Crippen molar-refractivity contribution in [1.82, 2.24) is 0 Å². The average molecular weight is 246 g/mol. The Bertz CT molecular complexity index is 189. The molecule has 0 aromatic heterocycles. The predicted molar refractivity (Wildman–Crippen MR) is 73.4 cm³/mol. The van der Waals surface area contributed by atoms with Gasteiger partial charge in [0.1, 0.15) is 0 Å². The maximum Gasteiger partial charge on any atom is 0.184 e. The van der Waals surface area contributed by atoms with Crippen LogP contribution in [-0.2, 0) is 9.16 Å². The normalized spacial score (nSPS) is 18.2. The summed E-state index contributed by atoms with van der Waals surface area (Å²) in [6.45, 7) is 16.2. The zero-order valence-electron chi connectivity index (χ0n) is 12.2. The lowest BCUT2D eigenvalue weighted by Crippen LogP contribution is -2.41. The van der Waals surface area contributed by atoms with E-state index in [9.17, 15) is 0 Å². The zero-order chi connectivity index (χ0) is 12.8. The van der Waals surface area contributed by atoms with Crippen LogP contribution in [0.15, 0.2) is 0 Å². The lowest BCUT2D eigenvalue weighted by atomic mass is 10.0. The van der Waals surface area contributed by atoms with Gasteiger partial charge in [0.15, 0.2) is 8.32 Å². The molecule has 0 aromatic rings. The average Bonchev–Trinajstić information content (AvgIpc) is 2.14. The van der Waals surface area contributed by atoms with E-state index < -0.39 is 8.32 Å². The molecule has 0 aromatic carbocycles. The fourth-order valence-electron chi connectivity index (χ4n) is 1.63. The van der Waals surface area contributed by atoms with Crippen LogP contribution in [0.3, 0.4) is 0 Å². The van der Waals surface area contributed by atoms with Crippen molar-refractivity contribution in [3.05, 3.63) is 0 Å². The highest BCUT2D eigenvalue weighted by Crippen LogP contribution is 2.25. The van der Waals surface area contributed by atoms with E-state index in [0.29, 0.717) is 6.10 Å². The molecule has 0 aliphatic heterocycles. The van der Waals surface area contributed by atoms with Crippen LogP contribution < -0.4 is 0 Å². The third kappa shape index (κ3) is 7.42. The second-order valence-electron chi connectivity index (χ2n) is 5.86. The van der Waals surface area contributed by atoms with E-state index >= 15 is 0 Å². The summed E-state index contributed by atoms with van der Waals surface area (Å²) in [6, 6.07) is 0. The molecule has 2 unspecified atom stereocenters. The fraction of sp³-hybridized carbons (Fsp3) is 1.00. The number of hydrogen-bond acceptors (Lipinski definition) is 2. The molecule has 0 saturated heterocycles. The highest BCUT2D eigenvalue weighted by Gasteiger charge is 2.29. The molecule has 0 spiro atoms. The maximum absolute atomic E-state index is 6.25. The smallest absolute Gasteiger partial charge is 0.184 e. The van der Waals surface area contributed by atoms with Crippen LogP contribution in [0.1, 0.15) is 47.0 Å². The van der Waals surface area contributed by atoms with E-state index in [1.165, 1.54) is 0 Å². The van der Waals surface area contributed by atoms with Gasteiger partial charge in [-0.1, -0.05) is 13.8 Å². The summed E-state index contributed by atoms with van der Waals surface area (Å²) in [5, 5.41) is 0. The quantitative estimate of drug-likeness (QED) is 0.597. The van der Waals surface area contributed by atoms with E-state index in [0.717, 1.165) is 25.9 Å². The topological polar surface area (TPSA) is 18.5 Å². The van der Waals surface area contributed by atoms with Gasteiger partial charge in [-0.3, -0.25) is 0 Å². The first-order chi connectivity index (χ1) is 7.22. The molecular weight excluding hydrogens is 216 g/mol. The van der Waals surface area contributed by atoms with Gasteiger partial charge in [-0.15, -0.1) is 0 Å². The Morgan fingerprint density at radius 1 is 1.19 bits per heavy atom. The molecule has 2 nitrogen and oxygen atoms in total. The van der Waals surface area contributed by atoms with Gasteiger partial charge in [-0.25, -0.2) is 0 Å². The molecule has 0 bridgehead atoms. The van der Waals surface area contributed by atoms with Gasteiger partial charge in [-0.2, -0.15) is 0 Å². The number of hydrogen-bond donors (Lipinski definition) is 0. The van der Waals surface area contributed by atoms with Gasteiger partial charge < -0.3 is 9.16 Å². The standard InChI is InChI=1S/C13H30O2Si/c1-8-12(3)14-11-10-13(4,9-2)15-16(5,6)7/h12H,8-11H2,1-7H3. The predicted octanol–water partition coefficient (Wildman–Crippen LogP) is 4.21. The summed E-state index contributed by atoms with van der Waals surface area (Å²) < 4.78 is 12.0. The molecule has 0 saturated carbocycles. The van der Waals surface area contributed by atoms with Crippen LogP contribution in [-0.4, -0.2) is 26.6 Å². The van der Waals surface area contributed by atoms with Crippen molar-refractivity contribution in [2.45, 2.75) is 78.3 Å². The lowest BCUT2D eigenvalue weighted by Gasteiger charge is -2.35. The summed E-state index contributed by atoms with van der Waals surface area (Å²) in [4.78, 5) is 0. The Balaban J connectivity index is 4.07. The molecule has 0 aliphatic rings. The molecule has 0 amide bonds. The molecule has 0 rings (SSSR count). The van der Waals surface area contributed by atoms with E-state index in [1.807, 2.05) is 0 Å². The van der Waals surface area contributed by atoms with Crippen LogP contribution in [0, 0.1) is 0 Å². The van der Waals surface area contributed by atoms with Crippen LogP contribution in [0.25, 0.3) is 0 Å².